The van der Waals surface area contributed by atoms with Crippen LogP contribution in [-0.2, 0) is 9.59 Å². The normalized spacial score (nSPS) is 11.6. The Morgan fingerprint density at radius 1 is 1.04 bits per heavy atom. The van der Waals surface area contributed by atoms with Crippen molar-refractivity contribution in [3.63, 3.8) is 0 Å². The lowest BCUT2D eigenvalue weighted by atomic mass is 10.1. The largest absolute Gasteiger partial charge is 0.358 e. The standard InChI is InChI=1S/C17H17Cl2N3O2/c1-20-15(23)10-21-16(11-5-3-2-4-6-11)17(24)22-14-8-12(18)7-13(19)9-14/h2-9,16,21H,10H2,1H3,(H,20,23)(H,22,24)/t16-/m0/s1. The fourth-order valence-corrected chi connectivity index (χ4v) is 2.66. The first-order valence-electron chi connectivity index (χ1n) is 7.25. The third-order valence-electron chi connectivity index (χ3n) is 3.27. The molecule has 7 heteroatoms. The molecule has 2 aromatic rings. The molecular formula is C17H17Cl2N3O2. The van der Waals surface area contributed by atoms with Crippen molar-refractivity contribution in [3.05, 3.63) is 64.1 Å². The van der Waals surface area contributed by atoms with Crippen molar-refractivity contribution in [1.82, 2.24) is 10.6 Å². The van der Waals surface area contributed by atoms with Crippen LogP contribution in [0, 0.1) is 0 Å². The molecule has 0 heterocycles. The second-order valence-electron chi connectivity index (χ2n) is 5.05. The molecule has 0 aliphatic heterocycles. The van der Waals surface area contributed by atoms with Crippen LogP contribution < -0.4 is 16.0 Å². The summed E-state index contributed by atoms with van der Waals surface area (Å²) in [6.45, 7) is 0.0137. The summed E-state index contributed by atoms with van der Waals surface area (Å²) >= 11 is 11.9. The van der Waals surface area contributed by atoms with Crippen molar-refractivity contribution in [2.45, 2.75) is 6.04 Å². The average molecular weight is 366 g/mol. The van der Waals surface area contributed by atoms with E-state index in [2.05, 4.69) is 16.0 Å². The van der Waals surface area contributed by atoms with Crippen LogP contribution in [0.25, 0.3) is 0 Å². The van der Waals surface area contributed by atoms with Gasteiger partial charge in [-0.25, -0.2) is 0 Å². The molecule has 2 rings (SSSR count). The van der Waals surface area contributed by atoms with Gasteiger partial charge < -0.3 is 10.6 Å². The SMILES string of the molecule is CNC(=O)CN[C@H](C(=O)Nc1cc(Cl)cc(Cl)c1)c1ccccc1. The Kier molecular flexibility index (Phi) is 6.61. The minimum absolute atomic E-state index is 0.0137. The van der Waals surface area contributed by atoms with E-state index in [4.69, 9.17) is 23.2 Å². The number of carbonyl (C=O) groups is 2. The molecule has 0 aliphatic rings. The molecule has 126 valence electrons. The zero-order valence-corrected chi connectivity index (χ0v) is 14.5. The predicted octanol–water partition coefficient (Wildman–Crippen LogP) is 3.01. The van der Waals surface area contributed by atoms with Gasteiger partial charge in [0.15, 0.2) is 0 Å². The summed E-state index contributed by atoms with van der Waals surface area (Å²) in [4.78, 5) is 24.1. The third kappa shape index (κ3) is 5.23. The van der Waals surface area contributed by atoms with Gasteiger partial charge in [0.05, 0.1) is 6.54 Å². The zero-order valence-electron chi connectivity index (χ0n) is 13.0. The van der Waals surface area contributed by atoms with Crippen molar-refractivity contribution in [3.8, 4) is 0 Å². The molecule has 0 aromatic heterocycles. The van der Waals surface area contributed by atoms with Gasteiger partial charge in [-0.1, -0.05) is 53.5 Å². The maximum atomic E-state index is 12.6. The van der Waals surface area contributed by atoms with Gasteiger partial charge in [0.25, 0.3) is 0 Å². The first kappa shape index (κ1) is 18.3. The van der Waals surface area contributed by atoms with Gasteiger partial charge in [0.2, 0.25) is 11.8 Å². The molecule has 0 saturated carbocycles. The van der Waals surface area contributed by atoms with Gasteiger partial charge in [-0.15, -0.1) is 0 Å². The van der Waals surface area contributed by atoms with Crippen molar-refractivity contribution >= 4 is 40.7 Å². The molecule has 0 spiro atoms. The number of likely N-dealkylation sites (N-methyl/N-ethyl adjacent to an activating group) is 1. The highest BCUT2D eigenvalue weighted by Crippen LogP contribution is 2.23. The second kappa shape index (κ2) is 8.68. The van der Waals surface area contributed by atoms with Gasteiger partial charge in [-0.05, 0) is 23.8 Å². The molecule has 0 saturated heterocycles. The quantitative estimate of drug-likeness (QED) is 0.736. The minimum atomic E-state index is -0.693. The number of carbonyl (C=O) groups excluding carboxylic acids is 2. The van der Waals surface area contributed by atoms with E-state index in [0.29, 0.717) is 15.7 Å². The number of rotatable bonds is 6. The number of hydrogen-bond donors (Lipinski definition) is 3. The molecular weight excluding hydrogens is 349 g/mol. The lowest BCUT2D eigenvalue weighted by Gasteiger charge is -2.18. The first-order valence-corrected chi connectivity index (χ1v) is 8.01. The Hall–Kier alpha value is -2.08. The Morgan fingerprint density at radius 3 is 2.25 bits per heavy atom. The van der Waals surface area contributed by atoms with Crippen LogP contribution in [0.4, 0.5) is 5.69 Å². The fourth-order valence-electron chi connectivity index (χ4n) is 2.13. The molecule has 1 atom stereocenters. The third-order valence-corrected chi connectivity index (χ3v) is 3.71. The highest BCUT2D eigenvalue weighted by Gasteiger charge is 2.21. The highest BCUT2D eigenvalue weighted by molar-refractivity contribution is 6.35. The van der Waals surface area contributed by atoms with Crippen LogP contribution in [0.1, 0.15) is 11.6 Å². The van der Waals surface area contributed by atoms with Crippen molar-refractivity contribution < 1.29 is 9.59 Å². The number of hydrogen-bond acceptors (Lipinski definition) is 3. The summed E-state index contributed by atoms with van der Waals surface area (Å²) < 4.78 is 0. The van der Waals surface area contributed by atoms with Gasteiger partial charge in [0, 0.05) is 22.8 Å². The van der Waals surface area contributed by atoms with Crippen molar-refractivity contribution in [2.75, 3.05) is 18.9 Å². The van der Waals surface area contributed by atoms with Crippen LogP contribution >= 0.6 is 23.2 Å². The molecule has 0 radical (unpaired) electrons. The fraction of sp³-hybridized carbons (Fsp3) is 0.176. The molecule has 0 unspecified atom stereocenters. The summed E-state index contributed by atoms with van der Waals surface area (Å²) in [6, 6.07) is 13.2. The maximum Gasteiger partial charge on any atom is 0.246 e. The van der Waals surface area contributed by atoms with E-state index < -0.39 is 6.04 Å². The van der Waals surface area contributed by atoms with Crippen LogP contribution in [0.3, 0.4) is 0 Å². The Morgan fingerprint density at radius 2 is 1.67 bits per heavy atom. The van der Waals surface area contributed by atoms with Crippen molar-refractivity contribution in [1.29, 1.82) is 0 Å². The van der Waals surface area contributed by atoms with Crippen LogP contribution in [-0.4, -0.2) is 25.4 Å². The van der Waals surface area contributed by atoms with Gasteiger partial charge in [0.1, 0.15) is 6.04 Å². The topological polar surface area (TPSA) is 70.2 Å². The van der Waals surface area contributed by atoms with E-state index in [0.717, 1.165) is 5.56 Å². The van der Waals surface area contributed by atoms with E-state index >= 15 is 0 Å². The van der Waals surface area contributed by atoms with Crippen LogP contribution in [0.5, 0.6) is 0 Å². The van der Waals surface area contributed by atoms with E-state index in [1.54, 1.807) is 18.2 Å². The van der Waals surface area contributed by atoms with Crippen LogP contribution in [0.2, 0.25) is 10.0 Å². The van der Waals surface area contributed by atoms with Crippen molar-refractivity contribution in [2.24, 2.45) is 0 Å². The summed E-state index contributed by atoms with van der Waals surface area (Å²) in [6.07, 6.45) is 0. The zero-order chi connectivity index (χ0) is 17.5. The molecule has 2 amide bonds. The van der Waals surface area contributed by atoms with Gasteiger partial charge >= 0.3 is 0 Å². The summed E-state index contributed by atoms with van der Waals surface area (Å²) in [5, 5.41) is 9.06. The van der Waals surface area contributed by atoms with E-state index in [-0.39, 0.29) is 18.4 Å². The lowest BCUT2D eigenvalue weighted by molar-refractivity contribution is -0.120. The smallest absolute Gasteiger partial charge is 0.246 e. The van der Waals surface area contributed by atoms with Gasteiger partial charge in [-0.3, -0.25) is 14.9 Å². The first-order chi connectivity index (χ1) is 11.5. The predicted molar refractivity (Wildman–Crippen MR) is 96.3 cm³/mol. The highest BCUT2D eigenvalue weighted by atomic mass is 35.5. The Bertz CT molecular complexity index is 703. The molecule has 5 nitrogen and oxygen atoms in total. The summed E-state index contributed by atoms with van der Waals surface area (Å²) in [7, 11) is 1.54. The summed E-state index contributed by atoms with van der Waals surface area (Å²) in [5.74, 6) is -0.530. The molecule has 2 aromatic carbocycles. The maximum absolute atomic E-state index is 12.6. The molecule has 24 heavy (non-hydrogen) atoms. The van der Waals surface area contributed by atoms with E-state index in [1.165, 1.54) is 7.05 Å². The summed E-state index contributed by atoms with van der Waals surface area (Å²) in [5.41, 5.74) is 1.23. The van der Waals surface area contributed by atoms with E-state index in [1.807, 2.05) is 30.3 Å². The molecule has 3 N–H and O–H groups in total. The number of anilines is 1. The second-order valence-corrected chi connectivity index (χ2v) is 5.92. The number of nitrogens with one attached hydrogen (secondary N) is 3. The van der Waals surface area contributed by atoms with Crippen LogP contribution in [0.15, 0.2) is 48.5 Å². The Balaban J connectivity index is 2.18. The molecule has 0 aliphatic carbocycles. The lowest BCUT2D eigenvalue weighted by Crippen LogP contribution is -2.39. The Labute approximate surface area is 150 Å². The van der Waals surface area contributed by atoms with E-state index in [9.17, 15) is 9.59 Å². The number of halogens is 2. The number of benzene rings is 2. The minimum Gasteiger partial charge on any atom is -0.358 e. The monoisotopic (exact) mass is 365 g/mol. The molecule has 0 fully saturated rings. The number of amides is 2. The average Bonchev–Trinajstić information content (AvgIpc) is 2.54. The van der Waals surface area contributed by atoms with Gasteiger partial charge in [-0.2, -0.15) is 0 Å². The molecule has 0 bridgehead atoms.